The first-order chi connectivity index (χ1) is 11.6. The number of ether oxygens (including phenoxy) is 2. The third-order valence-corrected chi connectivity index (χ3v) is 3.11. The zero-order chi connectivity index (χ0) is 17.4. The first kappa shape index (κ1) is 17.3. The van der Waals surface area contributed by atoms with E-state index in [-0.39, 0.29) is 5.91 Å². The van der Waals surface area contributed by atoms with Gasteiger partial charge in [0, 0.05) is 22.9 Å². The molecule has 126 valence electrons. The second kappa shape index (κ2) is 8.57. The highest BCUT2D eigenvalue weighted by Gasteiger charge is 2.06. The predicted molar refractivity (Wildman–Crippen MR) is 94.7 cm³/mol. The monoisotopic (exact) mass is 327 g/mol. The highest BCUT2D eigenvalue weighted by molar-refractivity contribution is 5.95. The van der Waals surface area contributed by atoms with Crippen LogP contribution in [0.25, 0.3) is 0 Å². The lowest BCUT2D eigenvalue weighted by Crippen LogP contribution is -2.17. The van der Waals surface area contributed by atoms with Gasteiger partial charge >= 0.3 is 0 Å². The number of benzene rings is 2. The molecule has 2 aromatic rings. The molecule has 0 fully saturated rings. The number of nitrogens with one attached hydrogen (secondary N) is 1. The van der Waals surface area contributed by atoms with E-state index in [0.29, 0.717) is 30.2 Å². The van der Waals surface area contributed by atoms with Gasteiger partial charge in [-0.15, -0.1) is 0 Å². The van der Waals surface area contributed by atoms with Crippen molar-refractivity contribution < 1.29 is 14.3 Å². The van der Waals surface area contributed by atoms with E-state index in [1.54, 1.807) is 30.3 Å². The fourth-order valence-electron chi connectivity index (χ4n) is 2.06. The van der Waals surface area contributed by atoms with Crippen LogP contribution < -0.4 is 20.6 Å². The molecule has 0 radical (unpaired) electrons. The van der Waals surface area contributed by atoms with Crippen molar-refractivity contribution in [1.82, 2.24) is 5.43 Å². The predicted octanol–water partition coefficient (Wildman–Crippen LogP) is 2.83. The Morgan fingerprint density at radius 1 is 1.17 bits per heavy atom. The normalized spacial score (nSPS) is 10.6. The zero-order valence-corrected chi connectivity index (χ0v) is 13.8. The van der Waals surface area contributed by atoms with E-state index in [2.05, 4.69) is 10.5 Å². The summed E-state index contributed by atoms with van der Waals surface area (Å²) >= 11 is 0. The van der Waals surface area contributed by atoms with Gasteiger partial charge in [-0.3, -0.25) is 4.79 Å². The maximum atomic E-state index is 12.0. The van der Waals surface area contributed by atoms with E-state index in [1.807, 2.05) is 26.0 Å². The fourth-order valence-corrected chi connectivity index (χ4v) is 2.06. The quantitative estimate of drug-likeness (QED) is 0.465. The van der Waals surface area contributed by atoms with Crippen LogP contribution in [0.4, 0.5) is 5.69 Å². The molecule has 2 rings (SSSR count). The molecule has 0 saturated carbocycles. The Hall–Kier alpha value is -3.02. The number of nitrogen functional groups attached to an aromatic ring is 1. The smallest absolute Gasteiger partial charge is 0.271 e. The fraction of sp³-hybridized carbons (Fsp3) is 0.222. The van der Waals surface area contributed by atoms with Crippen LogP contribution in [0.5, 0.6) is 11.5 Å². The molecule has 24 heavy (non-hydrogen) atoms. The van der Waals surface area contributed by atoms with Crippen LogP contribution in [0, 0.1) is 0 Å². The molecule has 2 aromatic carbocycles. The van der Waals surface area contributed by atoms with E-state index in [1.165, 1.54) is 6.21 Å². The van der Waals surface area contributed by atoms with Gasteiger partial charge in [-0.1, -0.05) is 6.07 Å². The third-order valence-electron chi connectivity index (χ3n) is 3.11. The van der Waals surface area contributed by atoms with Gasteiger partial charge in [-0.2, -0.15) is 5.10 Å². The summed E-state index contributed by atoms with van der Waals surface area (Å²) in [5.41, 5.74) is 9.85. The third kappa shape index (κ3) is 4.74. The van der Waals surface area contributed by atoms with E-state index in [9.17, 15) is 4.79 Å². The summed E-state index contributed by atoms with van der Waals surface area (Å²) in [5, 5.41) is 3.98. The standard InChI is InChI=1S/C18H21N3O3/c1-3-23-16-9-8-14(17(11-16)24-4-2)12-20-21-18(22)13-6-5-7-15(19)10-13/h5-12H,3-4,19H2,1-2H3,(H,21,22)/b20-12-. The van der Waals surface area contributed by atoms with Crippen molar-refractivity contribution in [2.24, 2.45) is 5.10 Å². The van der Waals surface area contributed by atoms with E-state index in [0.717, 1.165) is 11.3 Å². The van der Waals surface area contributed by atoms with Crippen molar-refractivity contribution in [1.29, 1.82) is 0 Å². The van der Waals surface area contributed by atoms with Crippen molar-refractivity contribution >= 4 is 17.8 Å². The minimum Gasteiger partial charge on any atom is -0.494 e. The van der Waals surface area contributed by atoms with Gasteiger partial charge < -0.3 is 15.2 Å². The number of anilines is 1. The first-order valence-electron chi connectivity index (χ1n) is 7.72. The van der Waals surface area contributed by atoms with Gasteiger partial charge in [-0.05, 0) is 44.2 Å². The van der Waals surface area contributed by atoms with E-state index >= 15 is 0 Å². The van der Waals surface area contributed by atoms with Crippen LogP contribution in [0.2, 0.25) is 0 Å². The number of amides is 1. The summed E-state index contributed by atoms with van der Waals surface area (Å²) in [5.74, 6) is 1.04. The lowest BCUT2D eigenvalue weighted by molar-refractivity contribution is 0.0955. The van der Waals surface area contributed by atoms with Gasteiger partial charge in [0.1, 0.15) is 11.5 Å². The molecule has 0 spiro atoms. The van der Waals surface area contributed by atoms with Crippen LogP contribution >= 0.6 is 0 Å². The van der Waals surface area contributed by atoms with Crippen molar-refractivity contribution in [3.8, 4) is 11.5 Å². The van der Waals surface area contributed by atoms with Gasteiger partial charge in [-0.25, -0.2) is 5.43 Å². The highest BCUT2D eigenvalue weighted by atomic mass is 16.5. The number of hydrazone groups is 1. The Morgan fingerprint density at radius 2 is 1.96 bits per heavy atom. The summed E-state index contributed by atoms with van der Waals surface area (Å²) in [7, 11) is 0. The van der Waals surface area contributed by atoms with Crippen molar-refractivity contribution in [3.63, 3.8) is 0 Å². The number of carbonyl (C=O) groups is 1. The van der Waals surface area contributed by atoms with Gasteiger partial charge in [0.05, 0.1) is 19.4 Å². The number of carbonyl (C=O) groups excluding carboxylic acids is 1. The maximum absolute atomic E-state index is 12.0. The number of nitrogens with two attached hydrogens (primary N) is 1. The average Bonchev–Trinajstić information content (AvgIpc) is 2.57. The van der Waals surface area contributed by atoms with Crippen LogP contribution in [-0.4, -0.2) is 25.3 Å². The van der Waals surface area contributed by atoms with Gasteiger partial charge in [0.25, 0.3) is 5.91 Å². The highest BCUT2D eigenvalue weighted by Crippen LogP contribution is 2.23. The van der Waals surface area contributed by atoms with E-state index < -0.39 is 0 Å². The van der Waals surface area contributed by atoms with Crippen LogP contribution in [0.1, 0.15) is 29.8 Å². The summed E-state index contributed by atoms with van der Waals surface area (Å²) < 4.78 is 11.0. The summed E-state index contributed by atoms with van der Waals surface area (Å²) in [4.78, 5) is 12.0. The largest absolute Gasteiger partial charge is 0.494 e. The Balaban J connectivity index is 2.09. The van der Waals surface area contributed by atoms with Crippen LogP contribution in [-0.2, 0) is 0 Å². The molecule has 0 atom stereocenters. The van der Waals surface area contributed by atoms with E-state index in [4.69, 9.17) is 15.2 Å². The zero-order valence-electron chi connectivity index (χ0n) is 13.8. The van der Waals surface area contributed by atoms with Crippen molar-refractivity contribution in [2.45, 2.75) is 13.8 Å². The number of nitrogens with zero attached hydrogens (tertiary/aromatic N) is 1. The molecule has 0 aliphatic carbocycles. The molecule has 0 bridgehead atoms. The molecular formula is C18H21N3O3. The molecule has 1 amide bonds. The summed E-state index contributed by atoms with van der Waals surface area (Å²) in [6.45, 7) is 4.92. The van der Waals surface area contributed by atoms with Crippen molar-refractivity contribution in [2.75, 3.05) is 18.9 Å². The molecule has 3 N–H and O–H groups in total. The number of hydrogen-bond donors (Lipinski definition) is 2. The second-order valence-corrected chi connectivity index (χ2v) is 4.89. The Bertz CT molecular complexity index is 729. The molecule has 0 heterocycles. The molecule has 0 aliphatic heterocycles. The Morgan fingerprint density at radius 3 is 2.67 bits per heavy atom. The molecule has 0 unspecified atom stereocenters. The molecule has 6 nitrogen and oxygen atoms in total. The van der Waals surface area contributed by atoms with Crippen LogP contribution in [0.15, 0.2) is 47.6 Å². The topological polar surface area (TPSA) is 85.9 Å². The van der Waals surface area contributed by atoms with Crippen LogP contribution in [0.3, 0.4) is 0 Å². The van der Waals surface area contributed by atoms with Crippen molar-refractivity contribution in [3.05, 3.63) is 53.6 Å². The number of hydrogen-bond acceptors (Lipinski definition) is 5. The molecule has 0 aromatic heterocycles. The number of rotatable bonds is 7. The molecule has 6 heteroatoms. The lowest BCUT2D eigenvalue weighted by atomic mass is 10.2. The maximum Gasteiger partial charge on any atom is 0.271 e. The summed E-state index contributed by atoms with van der Waals surface area (Å²) in [6, 6.07) is 12.1. The Kier molecular flexibility index (Phi) is 6.19. The molecular weight excluding hydrogens is 306 g/mol. The Labute approximate surface area is 141 Å². The SMILES string of the molecule is CCOc1ccc(/C=N\NC(=O)c2cccc(N)c2)c(OCC)c1. The van der Waals surface area contributed by atoms with Gasteiger partial charge in [0.2, 0.25) is 0 Å². The second-order valence-electron chi connectivity index (χ2n) is 4.89. The minimum absolute atomic E-state index is 0.331. The first-order valence-corrected chi connectivity index (χ1v) is 7.72. The minimum atomic E-state index is -0.331. The molecule has 0 saturated heterocycles. The molecule has 0 aliphatic rings. The lowest BCUT2D eigenvalue weighted by Gasteiger charge is -2.10. The van der Waals surface area contributed by atoms with Gasteiger partial charge in [0.15, 0.2) is 0 Å². The summed E-state index contributed by atoms with van der Waals surface area (Å²) in [6.07, 6.45) is 1.53. The average molecular weight is 327 g/mol.